The molecule has 100 valence electrons. The first-order chi connectivity index (χ1) is 8.67. The summed E-state index contributed by atoms with van der Waals surface area (Å²) in [5.74, 6) is 0.394. The van der Waals surface area contributed by atoms with Gasteiger partial charge in [0.25, 0.3) is 0 Å². The number of alkyl halides is 1. The van der Waals surface area contributed by atoms with Gasteiger partial charge in [-0.15, -0.1) is 22.9 Å². The molecule has 6 heteroatoms. The molecule has 0 atom stereocenters. The van der Waals surface area contributed by atoms with Gasteiger partial charge < -0.3 is 10.4 Å². The van der Waals surface area contributed by atoms with Crippen LogP contribution in [0.15, 0.2) is 5.38 Å². The molecule has 0 saturated heterocycles. The maximum absolute atomic E-state index is 11.8. The van der Waals surface area contributed by atoms with E-state index in [1.54, 1.807) is 0 Å². The van der Waals surface area contributed by atoms with Crippen LogP contribution in [0.1, 0.15) is 36.4 Å². The van der Waals surface area contributed by atoms with Gasteiger partial charge in [0.15, 0.2) is 0 Å². The van der Waals surface area contributed by atoms with Gasteiger partial charge in [-0.3, -0.25) is 4.79 Å². The number of thiazole rings is 1. The number of rotatable bonds is 4. The minimum atomic E-state index is -0.191. The summed E-state index contributed by atoms with van der Waals surface area (Å²) in [5.41, 5.74) is 0.824. The van der Waals surface area contributed by atoms with Crippen LogP contribution in [0.4, 0.5) is 0 Å². The molecule has 1 aliphatic rings. The fourth-order valence-electron chi connectivity index (χ4n) is 2.13. The molecule has 0 aliphatic heterocycles. The zero-order valence-electron chi connectivity index (χ0n) is 10.1. The minimum absolute atomic E-state index is 0.00635. The molecule has 1 saturated carbocycles. The van der Waals surface area contributed by atoms with Gasteiger partial charge in [-0.25, -0.2) is 4.98 Å². The number of hydrogen-bond donors (Lipinski definition) is 2. The molecule has 0 spiro atoms. The highest BCUT2D eigenvalue weighted by atomic mass is 35.5. The molecule has 1 aliphatic carbocycles. The Morgan fingerprint density at radius 1 is 1.50 bits per heavy atom. The zero-order chi connectivity index (χ0) is 13.0. The topological polar surface area (TPSA) is 62.2 Å². The van der Waals surface area contributed by atoms with Crippen molar-refractivity contribution in [2.75, 3.05) is 0 Å². The van der Waals surface area contributed by atoms with Gasteiger partial charge in [0.1, 0.15) is 5.01 Å². The van der Waals surface area contributed by atoms with E-state index < -0.39 is 0 Å². The number of carbonyl (C=O) groups excluding carboxylic acids is 1. The van der Waals surface area contributed by atoms with Gasteiger partial charge in [0, 0.05) is 11.4 Å². The molecule has 0 unspecified atom stereocenters. The van der Waals surface area contributed by atoms with Crippen LogP contribution in [0.25, 0.3) is 0 Å². The molecule has 4 nitrogen and oxygen atoms in total. The Morgan fingerprint density at radius 2 is 2.22 bits per heavy atom. The van der Waals surface area contributed by atoms with Crippen molar-refractivity contribution in [2.24, 2.45) is 0 Å². The van der Waals surface area contributed by atoms with E-state index in [1.807, 2.05) is 5.38 Å². The van der Waals surface area contributed by atoms with Crippen molar-refractivity contribution in [2.45, 2.75) is 50.1 Å². The SMILES string of the molecule is O=C(Cc1nc(CCl)cs1)NC1CCC(O)CC1. The normalized spacial score (nSPS) is 23.9. The van der Waals surface area contributed by atoms with E-state index in [2.05, 4.69) is 10.3 Å². The van der Waals surface area contributed by atoms with Crippen molar-refractivity contribution in [1.29, 1.82) is 0 Å². The number of halogens is 1. The molecule has 1 fully saturated rings. The summed E-state index contributed by atoms with van der Waals surface area (Å²) >= 11 is 7.13. The maximum atomic E-state index is 11.8. The first-order valence-electron chi connectivity index (χ1n) is 6.14. The number of nitrogens with one attached hydrogen (secondary N) is 1. The molecular formula is C12H17ClN2O2S. The Balaban J connectivity index is 1.78. The second kappa shape index (κ2) is 6.50. The molecular weight excluding hydrogens is 272 g/mol. The Hall–Kier alpha value is -0.650. The fourth-order valence-corrected chi connectivity index (χ4v) is 3.15. The van der Waals surface area contributed by atoms with Crippen molar-refractivity contribution in [3.05, 3.63) is 16.1 Å². The number of aliphatic hydroxyl groups is 1. The van der Waals surface area contributed by atoms with Crippen LogP contribution in [-0.4, -0.2) is 28.1 Å². The van der Waals surface area contributed by atoms with Crippen molar-refractivity contribution in [3.8, 4) is 0 Å². The van der Waals surface area contributed by atoms with E-state index in [0.29, 0.717) is 12.3 Å². The molecule has 18 heavy (non-hydrogen) atoms. The maximum Gasteiger partial charge on any atom is 0.227 e. The summed E-state index contributed by atoms with van der Waals surface area (Å²) in [4.78, 5) is 16.1. The molecule has 1 aromatic heterocycles. The number of nitrogens with zero attached hydrogens (tertiary/aromatic N) is 1. The van der Waals surface area contributed by atoms with Crippen LogP contribution in [0.3, 0.4) is 0 Å². The van der Waals surface area contributed by atoms with Crippen LogP contribution < -0.4 is 5.32 Å². The summed E-state index contributed by atoms with van der Waals surface area (Å²) in [5, 5.41) is 15.1. The lowest BCUT2D eigenvalue weighted by molar-refractivity contribution is -0.121. The third-order valence-corrected chi connectivity index (χ3v) is 4.28. The predicted octanol–water partition coefficient (Wildman–Crippen LogP) is 1.84. The molecule has 1 aromatic rings. The molecule has 0 bridgehead atoms. The molecule has 1 amide bonds. The number of amides is 1. The van der Waals surface area contributed by atoms with Crippen LogP contribution in [0, 0.1) is 0 Å². The average Bonchev–Trinajstić information content (AvgIpc) is 2.79. The van der Waals surface area contributed by atoms with Gasteiger partial charge in [0.2, 0.25) is 5.91 Å². The van der Waals surface area contributed by atoms with Crippen LogP contribution in [0.2, 0.25) is 0 Å². The summed E-state index contributed by atoms with van der Waals surface area (Å²) in [6.07, 6.45) is 3.40. The van der Waals surface area contributed by atoms with E-state index in [0.717, 1.165) is 36.4 Å². The summed E-state index contributed by atoms with van der Waals surface area (Å²) < 4.78 is 0. The average molecular weight is 289 g/mol. The van der Waals surface area contributed by atoms with Crippen molar-refractivity contribution in [3.63, 3.8) is 0 Å². The van der Waals surface area contributed by atoms with Gasteiger partial charge >= 0.3 is 0 Å². The number of carbonyl (C=O) groups is 1. The Labute approximate surface area is 115 Å². The lowest BCUT2D eigenvalue weighted by Gasteiger charge is -2.26. The van der Waals surface area contributed by atoms with E-state index in [9.17, 15) is 9.90 Å². The van der Waals surface area contributed by atoms with E-state index in [-0.39, 0.29) is 18.1 Å². The van der Waals surface area contributed by atoms with Gasteiger partial charge in [-0.05, 0) is 25.7 Å². The quantitative estimate of drug-likeness (QED) is 0.831. The van der Waals surface area contributed by atoms with Gasteiger partial charge in [-0.2, -0.15) is 0 Å². The van der Waals surface area contributed by atoms with Gasteiger partial charge in [-0.1, -0.05) is 0 Å². The Bertz CT molecular complexity index is 403. The fraction of sp³-hybridized carbons (Fsp3) is 0.667. The highest BCUT2D eigenvalue weighted by Crippen LogP contribution is 2.18. The van der Waals surface area contributed by atoms with Crippen molar-refractivity contribution >= 4 is 28.8 Å². The molecule has 2 rings (SSSR count). The van der Waals surface area contributed by atoms with E-state index in [1.165, 1.54) is 11.3 Å². The van der Waals surface area contributed by atoms with Crippen LogP contribution in [0.5, 0.6) is 0 Å². The second-order valence-electron chi connectivity index (χ2n) is 4.62. The Morgan fingerprint density at radius 3 is 2.83 bits per heavy atom. The Kier molecular flexibility index (Phi) is 4.97. The van der Waals surface area contributed by atoms with Crippen molar-refractivity contribution < 1.29 is 9.90 Å². The first-order valence-corrected chi connectivity index (χ1v) is 7.55. The molecule has 0 aromatic carbocycles. The number of hydrogen-bond acceptors (Lipinski definition) is 4. The third kappa shape index (κ3) is 3.93. The first kappa shape index (κ1) is 13.8. The number of aliphatic hydroxyl groups excluding tert-OH is 1. The second-order valence-corrected chi connectivity index (χ2v) is 5.83. The van der Waals surface area contributed by atoms with E-state index in [4.69, 9.17) is 11.6 Å². The largest absolute Gasteiger partial charge is 0.393 e. The minimum Gasteiger partial charge on any atom is -0.393 e. The van der Waals surface area contributed by atoms with E-state index >= 15 is 0 Å². The van der Waals surface area contributed by atoms with Crippen molar-refractivity contribution in [1.82, 2.24) is 10.3 Å². The lowest BCUT2D eigenvalue weighted by Crippen LogP contribution is -2.39. The lowest BCUT2D eigenvalue weighted by atomic mass is 9.93. The summed E-state index contributed by atoms with van der Waals surface area (Å²) in [6, 6.07) is 0.202. The van der Waals surface area contributed by atoms with Crippen LogP contribution >= 0.6 is 22.9 Å². The molecule has 0 radical (unpaired) electrons. The predicted molar refractivity (Wildman–Crippen MR) is 71.8 cm³/mol. The molecule has 2 N–H and O–H groups in total. The zero-order valence-corrected chi connectivity index (χ0v) is 11.6. The highest BCUT2D eigenvalue weighted by Gasteiger charge is 2.21. The smallest absolute Gasteiger partial charge is 0.227 e. The molecule has 1 heterocycles. The van der Waals surface area contributed by atoms with Crippen LogP contribution in [-0.2, 0) is 17.1 Å². The van der Waals surface area contributed by atoms with Gasteiger partial charge in [0.05, 0.1) is 24.1 Å². The standard InChI is InChI=1S/C12H17ClN2O2S/c13-6-9-7-18-12(15-9)5-11(17)14-8-1-3-10(16)4-2-8/h7-8,10,16H,1-6H2,(H,14,17). The summed E-state index contributed by atoms with van der Waals surface area (Å²) in [6.45, 7) is 0. The highest BCUT2D eigenvalue weighted by molar-refractivity contribution is 7.09. The summed E-state index contributed by atoms with van der Waals surface area (Å²) in [7, 11) is 0. The number of aromatic nitrogens is 1. The monoisotopic (exact) mass is 288 g/mol. The third-order valence-electron chi connectivity index (χ3n) is 3.11.